The fraction of sp³-hybridized carbons (Fsp3) is 0.286. The summed E-state index contributed by atoms with van der Waals surface area (Å²) in [5, 5.41) is 6.81. The highest BCUT2D eigenvalue weighted by atomic mass is 32.2. The number of hydrogen-bond donors (Lipinski definition) is 1. The van der Waals surface area contributed by atoms with Gasteiger partial charge in [0.1, 0.15) is 11.3 Å². The maximum Gasteiger partial charge on any atom is 0.416 e. The zero-order valence-corrected chi connectivity index (χ0v) is 19.5. The van der Waals surface area contributed by atoms with Crippen molar-refractivity contribution in [1.82, 2.24) is 24.3 Å². The summed E-state index contributed by atoms with van der Waals surface area (Å²) in [6, 6.07) is 5.55. The largest absolute Gasteiger partial charge is 0.416 e. The number of pyridine rings is 1. The molecule has 1 aliphatic rings. The first-order valence-corrected chi connectivity index (χ1v) is 12.5. The van der Waals surface area contributed by atoms with E-state index in [4.69, 9.17) is 0 Å². The molecule has 0 bridgehead atoms. The Hall–Kier alpha value is -2.97. The molecule has 14 heteroatoms. The summed E-state index contributed by atoms with van der Waals surface area (Å²) < 4.78 is 95.5. The molecule has 1 N–H and O–H groups in total. The van der Waals surface area contributed by atoms with Crippen LogP contribution in [-0.2, 0) is 16.2 Å². The van der Waals surface area contributed by atoms with Crippen LogP contribution in [0.1, 0.15) is 36.8 Å². The number of nitrogens with zero attached hydrogens (tertiary/aromatic N) is 4. The van der Waals surface area contributed by atoms with Crippen molar-refractivity contribution in [3.63, 3.8) is 0 Å². The van der Waals surface area contributed by atoms with Crippen molar-refractivity contribution in [3.8, 4) is 21.8 Å². The van der Waals surface area contributed by atoms with Crippen LogP contribution in [0.2, 0.25) is 0 Å². The molecule has 1 aliphatic carbocycles. The van der Waals surface area contributed by atoms with E-state index < -0.39 is 38.7 Å². The van der Waals surface area contributed by atoms with Gasteiger partial charge in [-0.2, -0.15) is 13.2 Å². The molecule has 0 radical (unpaired) electrons. The summed E-state index contributed by atoms with van der Waals surface area (Å²) >= 11 is 0.630. The minimum Gasteiger partial charge on any atom is -0.296 e. The van der Waals surface area contributed by atoms with E-state index in [-0.39, 0.29) is 26.8 Å². The normalized spacial score (nSPS) is 15.7. The monoisotopic (exact) mass is 529 g/mol. The van der Waals surface area contributed by atoms with Gasteiger partial charge in [0.15, 0.2) is 10.0 Å². The Kier molecular flexibility index (Phi) is 5.45. The van der Waals surface area contributed by atoms with Crippen LogP contribution in [0.3, 0.4) is 0 Å². The first kappa shape index (κ1) is 23.8. The third-order valence-corrected chi connectivity index (χ3v) is 8.20. The van der Waals surface area contributed by atoms with Crippen LogP contribution in [0, 0.1) is 0 Å². The summed E-state index contributed by atoms with van der Waals surface area (Å²) in [6.45, 7) is 1.76. The third kappa shape index (κ3) is 4.52. The van der Waals surface area contributed by atoms with Crippen molar-refractivity contribution in [3.05, 3.63) is 53.3 Å². The van der Waals surface area contributed by atoms with E-state index in [2.05, 4.69) is 19.9 Å². The number of imidazole rings is 1. The Bertz CT molecular complexity index is 1520. The molecular formula is C21H16F5N5O2S2. The zero-order valence-electron chi connectivity index (χ0n) is 17.8. The highest BCUT2D eigenvalue weighted by Crippen LogP contribution is 2.38. The fourth-order valence-corrected chi connectivity index (χ4v) is 5.71. The zero-order chi connectivity index (χ0) is 25.2. The molecule has 5 rings (SSSR count). The molecule has 1 saturated carbocycles. The number of sulfonamides is 1. The number of rotatable bonds is 6. The number of aromatic nitrogens is 4. The maximum atomic E-state index is 13.1. The third-order valence-electron chi connectivity index (χ3n) is 5.64. The minimum absolute atomic E-state index is 0.0860. The second-order valence-corrected chi connectivity index (χ2v) is 11.1. The lowest BCUT2D eigenvalue weighted by molar-refractivity contribution is -0.137. The van der Waals surface area contributed by atoms with E-state index in [0.717, 1.165) is 12.1 Å². The summed E-state index contributed by atoms with van der Waals surface area (Å²) in [5.41, 5.74) is -0.474. The molecule has 1 aromatic carbocycles. The van der Waals surface area contributed by atoms with Crippen molar-refractivity contribution in [2.75, 3.05) is 0 Å². The number of nitrogens with one attached hydrogen (secondary N) is 1. The standard InChI is InChI=1S/C21H16F5N5O2S2/c1-20(6-7-20)30-35(32,33)13-8-14(11-2-4-12(5-3-11)21(24,25)26)17-27-9-15(31(17)10-13)18-28-29-19(34-18)16(22)23/h2-5,8-10,16,30H,6-7H2,1H3. The van der Waals surface area contributed by atoms with Gasteiger partial charge in [0.05, 0.1) is 16.7 Å². The van der Waals surface area contributed by atoms with E-state index in [1.165, 1.54) is 35.0 Å². The first-order chi connectivity index (χ1) is 16.4. The Morgan fingerprint density at radius 1 is 1.14 bits per heavy atom. The Morgan fingerprint density at radius 3 is 2.40 bits per heavy atom. The van der Waals surface area contributed by atoms with Crippen LogP contribution in [0.5, 0.6) is 0 Å². The van der Waals surface area contributed by atoms with Gasteiger partial charge < -0.3 is 0 Å². The van der Waals surface area contributed by atoms with Gasteiger partial charge in [0, 0.05) is 17.3 Å². The topological polar surface area (TPSA) is 89.2 Å². The highest BCUT2D eigenvalue weighted by Gasteiger charge is 2.41. The molecule has 0 atom stereocenters. The van der Waals surface area contributed by atoms with Crippen molar-refractivity contribution in [2.45, 2.75) is 42.8 Å². The highest BCUT2D eigenvalue weighted by molar-refractivity contribution is 7.89. The van der Waals surface area contributed by atoms with Crippen LogP contribution in [0.4, 0.5) is 22.0 Å². The molecule has 184 valence electrons. The van der Waals surface area contributed by atoms with Crippen molar-refractivity contribution in [2.24, 2.45) is 0 Å². The molecular weight excluding hydrogens is 513 g/mol. The molecule has 0 aliphatic heterocycles. The summed E-state index contributed by atoms with van der Waals surface area (Å²) in [6.07, 6.45) is -3.44. The predicted molar refractivity (Wildman–Crippen MR) is 117 cm³/mol. The van der Waals surface area contributed by atoms with Gasteiger partial charge in [-0.25, -0.2) is 26.9 Å². The SMILES string of the molecule is CC1(NS(=O)(=O)c2cc(-c3ccc(C(F)(F)F)cc3)c3ncc(-c4nnc(C(F)F)s4)n3c2)CC1. The van der Waals surface area contributed by atoms with Crippen LogP contribution in [0.25, 0.3) is 27.5 Å². The lowest BCUT2D eigenvalue weighted by Gasteiger charge is -2.15. The van der Waals surface area contributed by atoms with Crippen molar-refractivity contribution < 1.29 is 30.4 Å². The second-order valence-electron chi connectivity index (χ2n) is 8.41. The van der Waals surface area contributed by atoms with Gasteiger partial charge in [-0.15, -0.1) is 10.2 Å². The lowest BCUT2D eigenvalue weighted by Crippen LogP contribution is -2.34. The van der Waals surface area contributed by atoms with Gasteiger partial charge in [-0.3, -0.25) is 4.40 Å². The average Bonchev–Trinajstić information content (AvgIpc) is 3.18. The number of alkyl halides is 5. The van der Waals surface area contributed by atoms with Crippen LogP contribution < -0.4 is 4.72 Å². The molecule has 0 saturated heterocycles. The number of halogens is 5. The molecule has 0 unspecified atom stereocenters. The van der Waals surface area contributed by atoms with E-state index in [1.807, 2.05) is 0 Å². The van der Waals surface area contributed by atoms with Crippen LogP contribution in [-0.4, -0.2) is 33.5 Å². The lowest BCUT2D eigenvalue weighted by atomic mass is 10.0. The average molecular weight is 530 g/mol. The predicted octanol–water partition coefficient (Wildman–Crippen LogP) is 5.31. The Balaban J connectivity index is 1.70. The van der Waals surface area contributed by atoms with Crippen molar-refractivity contribution >= 4 is 27.0 Å². The van der Waals surface area contributed by atoms with Gasteiger partial charge >= 0.3 is 6.18 Å². The van der Waals surface area contributed by atoms with Crippen LogP contribution in [0.15, 0.2) is 47.6 Å². The number of hydrogen-bond acceptors (Lipinski definition) is 6. The van der Waals surface area contributed by atoms with Gasteiger partial charge in [-0.05, 0) is 43.5 Å². The molecule has 4 aromatic rings. The minimum atomic E-state index is -4.54. The molecule has 7 nitrogen and oxygen atoms in total. The van der Waals surface area contributed by atoms with Crippen molar-refractivity contribution in [1.29, 1.82) is 0 Å². The van der Waals surface area contributed by atoms with Gasteiger partial charge in [-0.1, -0.05) is 23.5 Å². The molecule has 0 spiro atoms. The molecule has 0 amide bonds. The quantitative estimate of drug-likeness (QED) is 0.342. The molecule has 1 fully saturated rings. The van der Waals surface area contributed by atoms with E-state index in [1.54, 1.807) is 6.92 Å². The smallest absolute Gasteiger partial charge is 0.296 e. The summed E-state index contributed by atoms with van der Waals surface area (Å²) in [5.74, 6) is 0. The fourth-order valence-electron chi connectivity index (χ4n) is 3.52. The maximum absolute atomic E-state index is 13.1. The van der Waals surface area contributed by atoms with E-state index in [9.17, 15) is 30.4 Å². The molecule has 3 aromatic heterocycles. The number of fused-ring (bicyclic) bond motifs is 1. The molecule has 3 heterocycles. The molecule has 35 heavy (non-hydrogen) atoms. The van der Waals surface area contributed by atoms with Gasteiger partial charge in [0.25, 0.3) is 6.43 Å². The Morgan fingerprint density at radius 2 is 1.83 bits per heavy atom. The van der Waals surface area contributed by atoms with E-state index >= 15 is 0 Å². The summed E-state index contributed by atoms with van der Waals surface area (Å²) in [4.78, 5) is 4.12. The number of benzene rings is 1. The van der Waals surface area contributed by atoms with Crippen LogP contribution >= 0.6 is 11.3 Å². The summed E-state index contributed by atoms with van der Waals surface area (Å²) in [7, 11) is -4.03. The second kappa shape index (κ2) is 8.03. The van der Waals surface area contributed by atoms with Gasteiger partial charge in [0.2, 0.25) is 10.0 Å². The van der Waals surface area contributed by atoms with E-state index in [0.29, 0.717) is 29.7 Å². The first-order valence-electron chi connectivity index (χ1n) is 10.2. The Labute approximate surface area is 199 Å².